The first kappa shape index (κ1) is 23.5. The van der Waals surface area contributed by atoms with Gasteiger partial charge in [-0.15, -0.1) is 11.8 Å². The highest BCUT2D eigenvalue weighted by Gasteiger charge is 2.13. The van der Waals surface area contributed by atoms with Crippen molar-refractivity contribution in [3.8, 4) is 0 Å². The number of hydrogen-bond donors (Lipinski definition) is 1. The Balaban J connectivity index is 3.57. The van der Waals surface area contributed by atoms with Gasteiger partial charge in [-0.05, 0) is 50.7 Å². The first-order chi connectivity index (χ1) is 12.2. The van der Waals surface area contributed by atoms with Gasteiger partial charge >= 0.3 is 5.97 Å². The molecular formula is C22H34O2S. The third-order valence-electron chi connectivity index (χ3n) is 3.41. The van der Waals surface area contributed by atoms with Gasteiger partial charge in [0.2, 0.25) is 0 Å². The van der Waals surface area contributed by atoms with Crippen molar-refractivity contribution in [2.75, 3.05) is 5.75 Å². The summed E-state index contributed by atoms with van der Waals surface area (Å²) in [4.78, 5) is 10.9. The lowest BCUT2D eigenvalue weighted by atomic mass is 10.2. The summed E-state index contributed by atoms with van der Waals surface area (Å²) in [5, 5.41) is 8.69. The molecule has 1 N–H and O–H groups in total. The lowest BCUT2D eigenvalue weighted by Gasteiger charge is -2.07. The van der Waals surface area contributed by atoms with Gasteiger partial charge in [0.05, 0.1) is 0 Å². The fraction of sp³-hybridized carbons (Fsp3) is 0.500. The Morgan fingerprint density at radius 1 is 0.800 bits per heavy atom. The zero-order valence-electron chi connectivity index (χ0n) is 15.8. The molecule has 0 saturated carbocycles. The van der Waals surface area contributed by atoms with Crippen LogP contribution in [-0.2, 0) is 4.79 Å². The number of aliphatic carboxylic acids is 1. The van der Waals surface area contributed by atoms with Crippen molar-refractivity contribution in [1.82, 2.24) is 0 Å². The normalized spacial score (nSPS) is 14.0. The van der Waals surface area contributed by atoms with Gasteiger partial charge in [-0.2, -0.15) is 0 Å². The Bertz CT molecular complexity index is 459. The summed E-state index contributed by atoms with van der Waals surface area (Å²) in [7, 11) is 0. The van der Waals surface area contributed by atoms with Crippen LogP contribution in [0.25, 0.3) is 0 Å². The van der Waals surface area contributed by atoms with Gasteiger partial charge in [-0.25, -0.2) is 0 Å². The van der Waals surface area contributed by atoms with E-state index < -0.39 is 5.97 Å². The van der Waals surface area contributed by atoms with Crippen molar-refractivity contribution in [2.45, 2.75) is 64.0 Å². The Kier molecular flexibility index (Phi) is 17.7. The standard InChI is InChI=1S/C22H34O2S/c1-3-5-6-7-8-9-10-11-12-13-14-15-16-17-18-19-20-25-21(4-2)22(23)24/h5-6,8-9,11-12,14-15,17-18,21H,3-4,7,10,13,16,19-20H2,1-2H3,(H,23,24)/b6-5-,9-8-,12-11-,15-14-,18-17-. The number of carboxylic acid groups (broad SMARTS) is 1. The lowest BCUT2D eigenvalue weighted by Crippen LogP contribution is -2.15. The van der Waals surface area contributed by atoms with Gasteiger partial charge in [0, 0.05) is 0 Å². The van der Waals surface area contributed by atoms with E-state index >= 15 is 0 Å². The van der Waals surface area contributed by atoms with Crippen molar-refractivity contribution in [3.63, 3.8) is 0 Å². The fourth-order valence-corrected chi connectivity index (χ4v) is 2.95. The molecule has 140 valence electrons. The van der Waals surface area contributed by atoms with E-state index in [-0.39, 0.29) is 5.25 Å². The number of carboxylic acids is 1. The van der Waals surface area contributed by atoms with E-state index in [1.54, 1.807) is 0 Å². The molecule has 0 radical (unpaired) electrons. The number of hydrogen-bond acceptors (Lipinski definition) is 2. The average molecular weight is 363 g/mol. The first-order valence-electron chi connectivity index (χ1n) is 9.31. The molecule has 0 spiro atoms. The van der Waals surface area contributed by atoms with Gasteiger partial charge in [-0.1, -0.05) is 74.6 Å². The molecule has 0 aliphatic carbocycles. The van der Waals surface area contributed by atoms with E-state index in [4.69, 9.17) is 5.11 Å². The van der Waals surface area contributed by atoms with Gasteiger partial charge in [0.15, 0.2) is 0 Å². The molecule has 0 rings (SSSR count). The van der Waals surface area contributed by atoms with Gasteiger partial charge in [-0.3, -0.25) is 4.79 Å². The van der Waals surface area contributed by atoms with Crippen LogP contribution in [0.4, 0.5) is 0 Å². The van der Waals surface area contributed by atoms with Crippen LogP contribution in [0.2, 0.25) is 0 Å². The monoisotopic (exact) mass is 362 g/mol. The molecule has 1 atom stereocenters. The Labute approximate surface area is 158 Å². The minimum absolute atomic E-state index is 0.261. The van der Waals surface area contributed by atoms with E-state index in [1.165, 1.54) is 11.8 Å². The molecule has 0 fully saturated rings. The second-order valence-corrected chi connectivity index (χ2v) is 6.91. The fourth-order valence-electron chi connectivity index (χ4n) is 2.01. The summed E-state index contributed by atoms with van der Waals surface area (Å²) in [6, 6.07) is 0. The molecule has 3 heteroatoms. The number of thioether (sulfide) groups is 1. The summed E-state index contributed by atoms with van der Waals surface area (Å²) < 4.78 is 0. The number of rotatable bonds is 15. The topological polar surface area (TPSA) is 37.3 Å². The molecule has 0 aromatic heterocycles. The van der Waals surface area contributed by atoms with Crippen LogP contribution in [0, 0.1) is 0 Å². The number of allylic oxidation sites excluding steroid dienone is 10. The first-order valence-corrected chi connectivity index (χ1v) is 10.4. The molecule has 0 saturated heterocycles. The quantitative estimate of drug-likeness (QED) is 0.259. The van der Waals surface area contributed by atoms with Crippen LogP contribution >= 0.6 is 11.8 Å². The van der Waals surface area contributed by atoms with Crippen LogP contribution in [0.1, 0.15) is 58.8 Å². The SMILES string of the molecule is CC/C=C\C/C=C\C/C=C\C/C=C\C/C=C\CCSC(CC)C(=O)O. The third-order valence-corrected chi connectivity index (χ3v) is 4.82. The highest BCUT2D eigenvalue weighted by atomic mass is 32.2. The molecule has 0 amide bonds. The Hall–Kier alpha value is -1.48. The van der Waals surface area contributed by atoms with E-state index in [0.717, 1.165) is 44.3 Å². The predicted molar refractivity (Wildman–Crippen MR) is 113 cm³/mol. The number of carbonyl (C=O) groups is 1. The maximum Gasteiger partial charge on any atom is 0.316 e. The molecular weight excluding hydrogens is 328 g/mol. The maximum absolute atomic E-state index is 10.9. The van der Waals surface area contributed by atoms with Crippen molar-refractivity contribution < 1.29 is 9.90 Å². The summed E-state index contributed by atoms with van der Waals surface area (Å²) in [5.74, 6) is 0.173. The highest BCUT2D eigenvalue weighted by Crippen LogP contribution is 2.15. The molecule has 2 nitrogen and oxygen atoms in total. The zero-order valence-corrected chi connectivity index (χ0v) is 16.6. The van der Waals surface area contributed by atoms with E-state index in [0.29, 0.717) is 6.42 Å². The van der Waals surface area contributed by atoms with Crippen molar-refractivity contribution >= 4 is 17.7 Å². The lowest BCUT2D eigenvalue weighted by molar-refractivity contribution is -0.136. The van der Waals surface area contributed by atoms with E-state index in [1.807, 2.05) is 6.92 Å². The van der Waals surface area contributed by atoms with Gasteiger partial charge in [0.25, 0.3) is 0 Å². The van der Waals surface area contributed by atoms with Gasteiger partial charge in [0.1, 0.15) is 5.25 Å². The van der Waals surface area contributed by atoms with Gasteiger partial charge < -0.3 is 5.11 Å². The summed E-state index contributed by atoms with van der Waals surface area (Å²) in [5.41, 5.74) is 0. The zero-order chi connectivity index (χ0) is 18.6. The average Bonchev–Trinajstić information content (AvgIpc) is 2.60. The second kappa shape index (κ2) is 18.9. The molecule has 1 unspecified atom stereocenters. The highest BCUT2D eigenvalue weighted by molar-refractivity contribution is 8.00. The molecule has 0 aromatic carbocycles. The van der Waals surface area contributed by atoms with Crippen molar-refractivity contribution in [1.29, 1.82) is 0 Å². The van der Waals surface area contributed by atoms with Crippen LogP contribution < -0.4 is 0 Å². The maximum atomic E-state index is 10.9. The molecule has 0 aliphatic rings. The Morgan fingerprint density at radius 2 is 1.24 bits per heavy atom. The summed E-state index contributed by atoms with van der Waals surface area (Å²) >= 11 is 1.53. The van der Waals surface area contributed by atoms with Crippen LogP contribution in [0.5, 0.6) is 0 Å². The Morgan fingerprint density at radius 3 is 1.64 bits per heavy atom. The van der Waals surface area contributed by atoms with E-state index in [2.05, 4.69) is 67.7 Å². The summed E-state index contributed by atoms with van der Waals surface area (Å²) in [6.45, 7) is 4.07. The molecule has 0 aliphatic heterocycles. The van der Waals surface area contributed by atoms with E-state index in [9.17, 15) is 4.79 Å². The minimum atomic E-state index is -0.698. The molecule has 25 heavy (non-hydrogen) atoms. The molecule has 0 bridgehead atoms. The van der Waals surface area contributed by atoms with Crippen molar-refractivity contribution in [3.05, 3.63) is 60.8 Å². The molecule has 0 heterocycles. The summed E-state index contributed by atoms with van der Waals surface area (Å²) in [6.07, 6.45) is 28.5. The largest absolute Gasteiger partial charge is 0.480 e. The van der Waals surface area contributed by atoms with Crippen LogP contribution in [0.3, 0.4) is 0 Å². The smallest absolute Gasteiger partial charge is 0.316 e. The third kappa shape index (κ3) is 17.1. The molecule has 0 aromatic rings. The van der Waals surface area contributed by atoms with Crippen molar-refractivity contribution in [2.24, 2.45) is 0 Å². The second-order valence-electron chi connectivity index (χ2n) is 5.60. The van der Waals surface area contributed by atoms with Crippen LogP contribution in [-0.4, -0.2) is 22.1 Å². The minimum Gasteiger partial charge on any atom is -0.480 e. The predicted octanol–water partition coefficient (Wildman–Crippen LogP) is 6.72. The van der Waals surface area contributed by atoms with Crippen LogP contribution in [0.15, 0.2) is 60.8 Å².